The maximum Gasteiger partial charge on any atom is 0.349 e. The first-order chi connectivity index (χ1) is 11.1. The van der Waals surface area contributed by atoms with E-state index in [-0.39, 0.29) is 5.56 Å². The lowest BCUT2D eigenvalue weighted by atomic mass is 9.83. The molecule has 1 amide bonds. The van der Waals surface area contributed by atoms with Crippen LogP contribution < -0.4 is 10.9 Å². The number of hydrogen-bond donors (Lipinski definition) is 1. The Morgan fingerprint density at radius 1 is 1.39 bits per heavy atom. The van der Waals surface area contributed by atoms with Crippen LogP contribution in [0.1, 0.15) is 59.3 Å². The molecule has 3 rings (SSSR count). The number of pyridine rings is 1. The summed E-state index contributed by atoms with van der Waals surface area (Å²) in [5, 5.41) is 2.68. The molecule has 0 atom stereocenters. The topological polar surface area (TPSA) is 72.2 Å². The van der Waals surface area contributed by atoms with E-state index < -0.39 is 11.5 Å². The predicted molar refractivity (Wildman–Crippen MR) is 87.9 cm³/mol. The summed E-state index contributed by atoms with van der Waals surface area (Å²) < 4.78 is 5.36. The van der Waals surface area contributed by atoms with Crippen molar-refractivity contribution in [2.24, 2.45) is 0 Å². The molecule has 1 aliphatic carbocycles. The van der Waals surface area contributed by atoms with Crippen LogP contribution in [0.5, 0.6) is 0 Å². The van der Waals surface area contributed by atoms with Gasteiger partial charge in [0.2, 0.25) is 0 Å². The highest BCUT2D eigenvalue weighted by Crippen LogP contribution is 2.36. The van der Waals surface area contributed by atoms with Gasteiger partial charge in [0, 0.05) is 12.1 Å². The van der Waals surface area contributed by atoms with Gasteiger partial charge >= 0.3 is 5.63 Å². The van der Waals surface area contributed by atoms with E-state index in [1.165, 1.54) is 0 Å². The van der Waals surface area contributed by atoms with E-state index in [2.05, 4.69) is 10.3 Å². The quantitative estimate of drug-likeness (QED) is 0.939. The van der Waals surface area contributed by atoms with Crippen molar-refractivity contribution in [2.45, 2.75) is 45.4 Å². The molecule has 0 unspecified atom stereocenters. The van der Waals surface area contributed by atoms with E-state index >= 15 is 0 Å². The lowest BCUT2D eigenvalue weighted by Gasteiger charge is -2.24. The lowest BCUT2D eigenvalue weighted by molar-refractivity contribution is 0.102. The maximum atomic E-state index is 12.4. The summed E-state index contributed by atoms with van der Waals surface area (Å²) in [5.74, 6) is 0.983. The number of anilines is 1. The minimum Gasteiger partial charge on any atom is -0.427 e. The number of nitrogens with one attached hydrogen (secondary N) is 1. The largest absolute Gasteiger partial charge is 0.427 e. The summed E-state index contributed by atoms with van der Waals surface area (Å²) in [6.45, 7) is 3.79. The van der Waals surface area contributed by atoms with Gasteiger partial charge in [-0.1, -0.05) is 13.3 Å². The Morgan fingerprint density at radius 3 is 2.78 bits per heavy atom. The first-order valence-corrected chi connectivity index (χ1v) is 7.99. The highest BCUT2D eigenvalue weighted by atomic mass is 16.4. The average molecular weight is 312 g/mol. The van der Waals surface area contributed by atoms with Crippen LogP contribution in [0.15, 0.2) is 33.6 Å². The molecular weight excluding hydrogens is 292 g/mol. The van der Waals surface area contributed by atoms with Crippen molar-refractivity contribution in [3.63, 3.8) is 0 Å². The van der Waals surface area contributed by atoms with Gasteiger partial charge in [-0.05, 0) is 55.5 Å². The Morgan fingerprint density at radius 2 is 2.17 bits per heavy atom. The van der Waals surface area contributed by atoms with Crippen LogP contribution in [0, 0.1) is 6.92 Å². The molecule has 0 aromatic carbocycles. The number of aromatic nitrogens is 1. The molecule has 2 aromatic rings. The standard InChI is InChI=1S/C18H20N2O3/c1-3-12-7-8-19-15(10-12)20-17(21)16-11(2)9-14(23-18(16)22)13-5-4-6-13/h7-10,13H,3-6H2,1-2H3,(H,19,20,21). The van der Waals surface area contributed by atoms with Gasteiger partial charge in [0.25, 0.3) is 5.91 Å². The number of rotatable bonds is 4. The van der Waals surface area contributed by atoms with Gasteiger partial charge in [0.15, 0.2) is 0 Å². The molecule has 1 aliphatic rings. The molecule has 1 N–H and O–H groups in total. The monoisotopic (exact) mass is 312 g/mol. The third kappa shape index (κ3) is 3.18. The summed E-state index contributed by atoms with van der Waals surface area (Å²) in [6.07, 6.45) is 5.74. The minimum atomic E-state index is -0.573. The van der Waals surface area contributed by atoms with Gasteiger partial charge in [-0.2, -0.15) is 0 Å². The first-order valence-electron chi connectivity index (χ1n) is 7.99. The van der Waals surface area contributed by atoms with Gasteiger partial charge in [-0.15, -0.1) is 0 Å². The fourth-order valence-electron chi connectivity index (χ4n) is 2.74. The smallest absolute Gasteiger partial charge is 0.349 e. The molecule has 5 nitrogen and oxygen atoms in total. The van der Waals surface area contributed by atoms with Crippen molar-refractivity contribution in [3.05, 3.63) is 57.3 Å². The van der Waals surface area contributed by atoms with Gasteiger partial charge in [0.05, 0.1) is 0 Å². The Labute approximate surface area is 134 Å². The van der Waals surface area contributed by atoms with Crippen LogP contribution in [0.4, 0.5) is 5.82 Å². The molecule has 23 heavy (non-hydrogen) atoms. The number of hydrogen-bond acceptors (Lipinski definition) is 4. The SMILES string of the molecule is CCc1ccnc(NC(=O)c2c(C)cc(C3CCC3)oc2=O)c1. The molecule has 1 saturated carbocycles. The molecule has 5 heteroatoms. The molecule has 0 aliphatic heterocycles. The van der Waals surface area contributed by atoms with E-state index in [1.54, 1.807) is 19.2 Å². The molecular formula is C18H20N2O3. The fourth-order valence-corrected chi connectivity index (χ4v) is 2.74. The summed E-state index contributed by atoms with van der Waals surface area (Å²) in [5.41, 5.74) is 1.19. The van der Waals surface area contributed by atoms with Crippen molar-refractivity contribution in [1.29, 1.82) is 0 Å². The molecule has 0 radical (unpaired) electrons. The van der Waals surface area contributed by atoms with E-state index in [4.69, 9.17) is 4.42 Å². The van der Waals surface area contributed by atoms with E-state index in [1.807, 2.05) is 19.1 Å². The molecule has 2 aromatic heterocycles. The highest BCUT2D eigenvalue weighted by Gasteiger charge is 2.25. The zero-order chi connectivity index (χ0) is 16.4. The van der Waals surface area contributed by atoms with Crippen molar-refractivity contribution < 1.29 is 9.21 Å². The van der Waals surface area contributed by atoms with Crippen molar-refractivity contribution in [2.75, 3.05) is 5.32 Å². The number of amides is 1. The van der Waals surface area contributed by atoms with Crippen LogP contribution in [0.3, 0.4) is 0 Å². The van der Waals surface area contributed by atoms with Gasteiger partial charge in [-0.25, -0.2) is 9.78 Å². The van der Waals surface area contributed by atoms with Crippen LogP contribution in [-0.4, -0.2) is 10.9 Å². The van der Waals surface area contributed by atoms with Crippen LogP contribution in [-0.2, 0) is 6.42 Å². The third-order valence-electron chi connectivity index (χ3n) is 4.38. The summed E-state index contributed by atoms with van der Waals surface area (Å²) >= 11 is 0. The zero-order valence-corrected chi connectivity index (χ0v) is 13.4. The second-order valence-corrected chi connectivity index (χ2v) is 5.98. The molecule has 0 saturated heterocycles. The Bertz CT molecular complexity index is 791. The summed E-state index contributed by atoms with van der Waals surface area (Å²) in [4.78, 5) is 28.7. The Balaban J connectivity index is 1.85. The number of carbonyl (C=O) groups is 1. The number of nitrogens with zero attached hydrogens (tertiary/aromatic N) is 1. The van der Waals surface area contributed by atoms with Gasteiger partial charge < -0.3 is 9.73 Å². The maximum absolute atomic E-state index is 12.4. The second-order valence-electron chi connectivity index (χ2n) is 5.98. The second kappa shape index (κ2) is 6.36. The summed E-state index contributed by atoms with van der Waals surface area (Å²) in [6, 6.07) is 5.51. The lowest BCUT2D eigenvalue weighted by Crippen LogP contribution is -2.24. The van der Waals surface area contributed by atoms with Crippen molar-refractivity contribution >= 4 is 11.7 Å². The first kappa shape index (κ1) is 15.5. The highest BCUT2D eigenvalue weighted by molar-refractivity contribution is 6.04. The molecule has 0 bridgehead atoms. The zero-order valence-electron chi connectivity index (χ0n) is 13.4. The third-order valence-corrected chi connectivity index (χ3v) is 4.38. The van der Waals surface area contributed by atoms with Crippen molar-refractivity contribution in [3.8, 4) is 0 Å². The predicted octanol–water partition coefficient (Wildman–Crippen LogP) is 3.43. The van der Waals surface area contributed by atoms with Gasteiger partial charge in [-0.3, -0.25) is 4.79 Å². The normalized spacial score (nSPS) is 14.3. The fraction of sp³-hybridized carbons (Fsp3) is 0.389. The van der Waals surface area contributed by atoms with E-state index in [0.29, 0.717) is 23.1 Å². The minimum absolute atomic E-state index is 0.0526. The molecule has 0 spiro atoms. The Kier molecular flexibility index (Phi) is 4.28. The van der Waals surface area contributed by atoms with E-state index in [0.717, 1.165) is 31.2 Å². The molecule has 2 heterocycles. The van der Waals surface area contributed by atoms with E-state index in [9.17, 15) is 9.59 Å². The number of carbonyl (C=O) groups excluding carboxylic acids is 1. The average Bonchev–Trinajstić information content (AvgIpc) is 2.44. The van der Waals surface area contributed by atoms with Crippen LogP contribution >= 0.6 is 0 Å². The summed E-state index contributed by atoms with van der Waals surface area (Å²) in [7, 11) is 0. The Hall–Kier alpha value is -2.43. The molecule has 120 valence electrons. The van der Waals surface area contributed by atoms with Gasteiger partial charge in [0.1, 0.15) is 17.1 Å². The van der Waals surface area contributed by atoms with Crippen LogP contribution in [0.25, 0.3) is 0 Å². The van der Waals surface area contributed by atoms with Crippen molar-refractivity contribution in [1.82, 2.24) is 4.98 Å². The van der Waals surface area contributed by atoms with Crippen LogP contribution in [0.2, 0.25) is 0 Å². The molecule has 1 fully saturated rings. The number of aryl methyl sites for hydroxylation is 2.